The third-order valence-corrected chi connectivity index (χ3v) is 6.41. The quantitative estimate of drug-likeness (QED) is 0.828. The molecule has 0 aromatic carbocycles. The van der Waals surface area contributed by atoms with Crippen LogP contribution in [-0.4, -0.2) is 87.5 Å². The Balaban J connectivity index is 1.50. The van der Waals surface area contributed by atoms with Crippen molar-refractivity contribution >= 4 is 16.9 Å². The number of anilines is 1. The Morgan fingerprint density at radius 3 is 2.68 bits per heavy atom. The average Bonchev–Trinajstić information content (AvgIpc) is 3.09. The van der Waals surface area contributed by atoms with Gasteiger partial charge in [-0.15, -0.1) is 0 Å². The Morgan fingerprint density at radius 1 is 1.18 bits per heavy atom. The Bertz CT molecular complexity index is 786. The number of aliphatic hydroxyl groups is 1. The van der Waals surface area contributed by atoms with E-state index in [0.717, 1.165) is 43.0 Å². The molecule has 8 nitrogen and oxygen atoms in total. The predicted octanol–water partition coefficient (Wildman–Crippen LogP) is 1.67. The van der Waals surface area contributed by atoms with Gasteiger partial charge in [0.2, 0.25) is 0 Å². The fraction of sp³-hybridized carbons (Fsp3) is 0.750. The minimum Gasteiger partial charge on any atom is -0.396 e. The van der Waals surface area contributed by atoms with Gasteiger partial charge in [0.05, 0.1) is 5.69 Å². The molecule has 0 bridgehead atoms. The van der Waals surface area contributed by atoms with Gasteiger partial charge in [-0.05, 0) is 53.1 Å². The summed E-state index contributed by atoms with van der Waals surface area (Å²) in [5.74, 6) is 0.904. The van der Waals surface area contributed by atoms with Crippen molar-refractivity contribution in [2.24, 2.45) is 0 Å². The summed E-state index contributed by atoms with van der Waals surface area (Å²) in [6, 6.07) is 1.56. The van der Waals surface area contributed by atoms with Crippen LogP contribution in [0.1, 0.15) is 38.8 Å². The fourth-order valence-corrected chi connectivity index (χ4v) is 4.83. The first kappa shape index (κ1) is 19.5. The molecule has 4 heterocycles. The van der Waals surface area contributed by atoms with Gasteiger partial charge in [-0.25, -0.2) is 4.98 Å². The standard InChI is InChI=1S/C20H32N6O2/c1-14(2)24-7-4-16(5-8-24)26-10-9-25(12-17(26)6-11-27)19-18-15(3)23-28-20(18)22-13-21-19/h13-14,16-17,27H,4-12H2,1-3H3/t17-/m1/s1. The molecule has 2 aliphatic rings. The number of aromatic nitrogens is 3. The molecular formula is C20H32N6O2. The zero-order chi connectivity index (χ0) is 19.7. The fourth-order valence-electron chi connectivity index (χ4n) is 4.83. The first-order chi connectivity index (χ1) is 13.6. The van der Waals surface area contributed by atoms with Crippen LogP contribution in [0.25, 0.3) is 11.1 Å². The van der Waals surface area contributed by atoms with Crippen LogP contribution in [0.4, 0.5) is 5.82 Å². The van der Waals surface area contributed by atoms with Crippen molar-refractivity contribution in [1.29, 1.82) is 0 Å². The minimum atomic E-state index is 0.214. The highest BCUT2D eigenvalue weighted by Crippen LogP contribution is 2.30. The van der Waals surface area contributed by atoms with Crippen LogP contribution in [0.15, 0.2) is 10.9 Å². The minimum absolute atomic E-state index is 0.214. The Kier molecular flexibility index (Phi) is 5.80. The molecule has 4 rings (SSSR count). The first-order valence-corrected chi connectivity index (χ1v) is 10.5. The van der Waals surface area contributed by atoms with Crippen LogP contribution < -0.4 is 4.90 Å². The summed E-state index contributed by atoms with van der Waals surface area (Å²) >= 11 is 0. The lowest BCUT2D eigenvalue weighted by atomic mass is 9.97. The summed E-state index contributed by atoms with van der Waals surface area (Å²) in [5, 5.41) is 14.6. The average molecular weight is 389 g/mol. The molecule has 2 fully saturated rings. The summed E-state index contributed by atoms with van der Waals surface area (Å²) in [5.41, 5.74) is 1.37. The van der Waals surface area contributed by atoms with Crippen LogP contribution in [0, 0.1) is 6.92 Å². The maximum atomic E-state index is 9.69. The van der Waals surface area contributed by atoms with Gasteiger partial charge in [0.1, 0.15) is 17.5 Å². The van der Waals surface area contributed by atoms with Crippen molar-refractivity contribution in [3.63, 3.8) is 0 Å². The molecule has 2 aromatic rings. The summed E-state index contributed by atoms with van der Waals surface area (Å²) in [6.07, 6.45) is 4.76. The molecule has 1 atom stereocenters. The Morgan fingerprint density at radius 2 is 1.96 bits per heavy atom. The number of aliphatic hydroxyl groups excluding tert-OH is 1. The molecule has 2 aliphatic heterocycles. The molecule has 0 saturated carbocycles. The van der Waals surface area contributed by atoms with Crippen molar-refractivity contribution in [2.75, 3.05) is 44.2 Å². The second-order valence-corrected chi connectivity index (χ2v) is 8.36. The van der Waals surface area contributed by atoms with Crippen LogP contribution in [0.2, 0.25) is 0 Å². The topological polar surface area (TPSA) is 81.8 Å². The molecule has 154 valence electrons. The van der Waals surface area contributed by atoms with Crippen LogP contribution in [-0.2, 0) is 0 Å². The van der Waals surface area contributed by atoms with E-state index in [4.69, 9.17) is 4.52 Å². The predicted molar refractivity (Wildman–Crippen MR) is 108 cm³/mol. The van der Waals surface area contributed by atoms with Gasteiger partial charge in [-0.3, -0.25) is 4.90 Å². The highest BCUT2D eigenvalue weighted by molar-refractivity contribution is 5.87. The number of likely N-dealkylation sites (tertiary alicyclic amines) is 1. The van der Waals surface area contributed by atoms with Gasteiger partial charge in [0, 0.05) is 44.4 Å². The monoisotopic (exact) mass is 388 g/mol. The lowest BCUT2D eigenvalue weighted by molar-refractivity contribution is 0.0463. The van der Waals surface area contributed by atoms with Crippen molar-refractivity contribution < 1.29 is 9.63 Å². The second-order valence-electron chi connectivity index (χ2n) is 8.36. The Labute approximate surface area is 166 Å². The highest BCUT2D eigenvalue weighted by Gasteiger charge is 2.35. The van der Waals surface area contributed by atoms with Crippen LogP contribution in [0.3, 0.4) is 0 Å². The number of piperazine rings is 1. The molecule has 28 heavy (non-hydrogen) atoms. The smallest absolute Gasteiger partial charge is 0.263 e. The maximum Gasteiger partial charge on any atom is 0.263 e. The number of hydrogen-bond donors (Lipinski definition) is 1. The molecule has 0 unspecified atom stereocenters. The molecule has 8 heteroatoms. The molecule has 0 amide bonds. The summed E-state index contributed by atoms with van der Waals surface area (Å²) < 4.78 is 5.32. The zero-order valence-electron chi connectivity index (χ0n) is 17.2. The van der Waals surface area contributed by atoms with E-state index in [0.29, 0.717) is 23.8 Å². The number of piperidine rings is 1. The van der Waals surface area contributed by atoms with Crippen LogP contribution in [0.5, 0.6) is 0 Å². The van der Waals surface area contributed by atoms with Gasteiger partial charge < -0.3 is 19.4 Å². The van der Waals surface area contributed by atoms with E-state index >= 15 is 0 Å². The lowest BCUT2D eigenvalue weighted by Crippen LogP contribution is -2.59. The molecule has 1 N–H and O–H groups in total. The van der Waals surface area contributed by atoms with E-state index in [1.54, 1.807) is 6.33 Å². The van der Waals surface area contributed by atoms with Gasteiger partial charge in [0.25, 0.3) is 5.71 Å². The van der Waals surface area contributed by atoms with Gasteiger partial charge in [-0.1, -0.05) is 5.16 Å². The lowest BCUT2D eigenvalue weighted by Gasteiger charge is -2.48. The van der Waals surface area contributed by atoms with E-state index in [-0.39, 0.29) is 6.61 Å². The van der Waals surface area contributed by atoms with Crippen molar-refractivity contribution in [2.45, 2.75) is 58.2 Å². The maximum absolute atomic E-state index is 9.69. The summed E-state index contributed by atoms with van der Waals surface area (Å²) in [4.78, 5) is 16.3. The summed E-state index contributed by atoms with van der Waals surface area (Å²) in [7, 11) is 0. The number of hydrogen-bond acceptors (Lipinski definition) is 8. The van der Waals surface area contributed by atoms with Gasteiger partial charge in [-0.2, -0.15) is 4.98 Å². The van der Waals surface area contributed by atoms with Crippen LogP contribution >= 0.6 is 0 Å². The van der Waals surface area contributed by atoms with Crippen molar-refractivity contribution in [1.82, 2.24) is 24.9 Å². The molecular weight excluding hydrogens is 356 g/mol. The van der Waals surface area contributed by atoms with E-state index < -0.39 is 0 Å². The molecule has 0 aliphatic carbocycles. The SMILES string of the molecule is Cc1noc2ncnc(N3CCN(C4CCN(C(C)C)CC4)[C@H](CCO)C3)c12. The molecule has 0 radical (unpaired) electrons. The molecule has 0 spiro atoms. The zero-order valence-corrected chi connectivity index (χ0v) is 17.2. The second kappa shape index (κ2) is 8.31. The number of nitrogens with zero attached hydrogens (tertiary/aromatic N) is 6. The van der Waals surface area contributed by atoms with E-state index in [2.05, 4.69) is 43.7 Å². The van der Waals surface area contributed by atoms with E-state index in [1.807, 2.05) is 6.92 Å². The van der Waals surface area contributed by atoms with Gasteiger partial charge in [0.15, 0.2) is 0 Å². The van der Waals surface area contributed by atoms with E-state index in [9.17, 15) is 5.11 Å². The molecule has 2 aromatic heterocycles. The normalized spacial score (nSPS) is 23.2. The largest absolute Gasteiger partial charge is 0.396 e. The molecule has 2 saturated heterocycles. The third kappa shape index (κ3) is 3.73. The van der Waals surface area contributed by atoms with Crippen molar-refractivity contribution in [3.05, 3.63) is 12.0 Å². The van der Waals surface area contributed by atoms with E-state index in [1.165, 1.54) is 25.9 Å². The summed E-state index contributed by atoms with van der Waals surface area (Å²) in [6.45, 7) is 11.8. The number of rotatable bonds is 5. The van der Waals surface area contributed by atoms with Gasteiger partial charge >= 0.3 is 0 Å². The highest BCUT2D eigenvalue weighted by atomic mass is 16.5. The number of aryl methyl sites for hydroxylation is 1. The Hall–Kier alpha value is -1.77. The number of fused-ring (bicyclic) bond motifs is 1. The third-order valence-electron chi connectivity index (χ3n) is 6.41. The van der Waals surface area contributed by atoms with Crippen molar-refractivity contribution in [3.8, 4) is 0 Å². The first-order valence-electron chi connectivity index (χ1n) is 10.5.